The topological polar surface area (TPSA) is 88.7 Å². The smallest absolute Gasteiger partial charge is 0.238 e. The number of rotatable bonds is 5. The summed E-state index contributed by atoms with van der Waals surface area (Å²) in [5, 5.41) is 24.7. The van der Waals surface area contributed by atoms with Gasteiger partial charge in [-0.3, -0.25) is 4.79 Å². The van der Waals surface area contributed by atoms with Gasteiger partial charge in [-0.1, -0.05) is 19.1 Å². The Bertz CT molecular complexity index is 1100. The van der Waals surface area contributed by atoms with Gasteiger partial charge < -0.3 is 10.6 Å². The van der Waals surface area contributed by atoms with Crippen molar-refractivity contribution in [1.29, 1.82) is 10.5 Å². The zero-order chi connectivity index (χ0) is 21.0. The first-order valence-corrected chi connectivity index (χ1v) is 11.1. The third-order valence-electron chi connectivity index (χ3n) is 7.06. The standard InChI is InChI=1S/C23H21FN4OS/c1-11-20-16-8-18(21(11)20)28-22(16)23(29)27-14(9-25)6-12-2-3-13(7-17(12)24)19-5-4-15(10-26)30-19/h2-5,7,11,14,16,18,20-22,28H,6,8H2,1H3,(H,27,29)/t11?,14-,16?,18?,20?,21?,22?/m0/s1. The van der Waals surface area contributed by atoms with Crippen molar-refractivity contribution in [1.82, 2.24) is 10.6 Å². The molecular weight excluding hydrogens is 399 g/mol. The van der Waals surface area contributed by atoms with Crippen LogP contribution < -0.4 is 10.6 Å². The molecule has 5 rings (SSSR count). The SMILES string of the molecule is CC1C2C3CC(C(C(=O)N[C@H](C#N)Cc4ccc(-c5ccc(C#N)s5)cc4F)N3)C12. The molecule has 1 aromatic carbocycles. The zero-order valence-electron chi connectivity index (χ0n) is 16.4. The van der Waals surface area contributed by atoms with Gasteiger partial charge in [-0.25, -0.2) is 4.39 Å². The predicted molar refractivity (Wildman–Crippen MR) is 111 cm³/mol. The van der Waals surface area contributed by atoms with E-state index in [9.17, 15) is 14.4 Å². The molecule has 2 saturated carbocycles. The summed E-state index contributed by atoms with van der Waals surface area (Å²) in [5.41, 5.74) is 1.08. The summed E-state index contributed by atoms with van der Waals surface area (Å²) in [4.78, 5) is 14.2. The Morgan fingerprint density at radius 2 is 2.17 bits per heavy atom. The summed E-state index contributed by atoms with van der Waals surface area (Å²) in [7, 11) is 0. The summed E-state index contributed by atoms with van der Waals surface area (Å²) >= 11 is 1.31. The number of carbonyl (C=O) groups is 1. The van der Waals surface area contributed by atoms with Gasteiger partial charge in [0.2, 0.25) is 5.91 Å². The van der Waals surface area contributed by atoms with Crippen molar-refractivity contribution in [3.8, 4) is 22.6 Å². The molecule has 2 aromatic rings. The largest absolute Gasteiger partial charge is 0.339 e. The van der Waals surface area contributed by atoms with Crippen molar-refractivity contribution >= 4 is 17.2 Å². The summed E-state index contributed by atoms with van der Waals surface area (Å²) in [6.07, 6.45) is 1.16. The molecule has 1 aromatic heterocycles. The van der Waals surface area contributed by atoms with Gasteiger partial charge in [-0.15, -0.1) is 11.3 Å². The Morgan fingerprint density at radius 3 is 2.83 bits per heavy atom. The highest BCUT2D eigenvalue weighted by Gasteiger charge is 2.67. The lowest BCUT2D eigenvalue weighted by atomic mass is 9.94. The number of nitriles is 2. The number of fused-ring (bicyclic) bond motifs is 5. The molecule has 0 spiro atoms. The van der Waals surface area contributed by atoms with Crippen molar-refractivity contribution in [3.05, 3.63) is 46.6 Å². The number of halogens is 1. The molecule has 3 fully saturated rings. The fourth-order valence-electron chi connectivity index (χ4n) is 5.63. The molecule has 2 heterocycles. The minimum atomic E-state index is -0.780. The number of hydrogen-bond donors (Lipinski definition) is 2. The van der Waals surface area contributed by atoms with Crippen molar-refractivity contribution in [3.63, 3.8) is 0 Å². The molecule has 7 heteroatoms. The fourth-order valence-corrected chi connectivity index (χ4v) is 6.43. The van der Waals surface area contributed by atoms with E-state index in [0.717, 1.165) is 11.3 Å². The molecule has 152 valence electrons. The van der Waals surface area contributed by atoms with Crippen LogP contribution in [0.15, 0.2) is 30.3 Å². The molecule has 1 saturated heterocycles. The van der Waals surface area contributed by atoms with E-state index in [2.05, 4.69) is 29.7 Å². The molecular formula is C23H21FN4OS. The van der Waals surface area contributed by atoms with Gasteiger partial charge >= 0.3 is 0 Å². The summed E-state index contributed by atoms with van der Waals surface area (Å²) in [5.74, 6) is 1.83. The summed E-state index contributed by atoms with van der Waals surface area (Å²) in [6, 6.07) is 12.0. The van der Waals surface area contributed by atoms with Gasteiger partial charge in [-0.05, 0) is 59.4 Å². The maximum absolute atomic E-state index is 14.7. The molecule has 5 nitrogen and oxygen atoms in total. The van der Waals surface area contributed by atoms with Crippen LogP contribution in [0, 0.1) is 52.2 Å². The van der Waals surface area contributed by atoms with Crippen LogP contribution >= 0.6 is 11.3 Å². The van der Waals surface area contributed by atoms with Crippen molar-refractivity contribution in [2.75, 3.05) is 0 Å². The van der Waals surface area contributed by atoms with Crippen LogP contribution in [0.4, 0.5) is 4.39 Å². The lowest BCUT2D eigenvalue weighted by Gasteiger charge is -2.23. The van der Waals surface area contributed by atoms with Crippen LogP contribution in [0.3, 0.4) is 0 Å². The second-order valence-corrected chi connectivity index (χ2v) is 9.72. The molecule has 30 heavy (non-hydrogen) atoms. The Labute approximate surface area is 178 Å². The minimum absolute atomic E-state index is 0.117. The minimum Gasteiger partial charge on any atom is -0.339 e. The van der Waals surface area contributed by atoms with E-state index >= 15 is 0 Å². The number of amides is 1. The number of thiophene rings is 1. The average Bonchev–Trinajstić information content (AvgIpc) is 3.18. The van der Waals surface area contributed by atoms with Gasteiger partial charge in [-0.2, -0.15) is 10.5 Å². The van der Waals surface area contributed by atoms with Crippen molar-refractivity contribution < 1.29 is 9.18 Å². The van der Waals surface area contributed by atoms with Crippen molar-refractivity contribution in [2.24, 2.45) is 23.7 Å². The molecule has 6 unspecified atom stereocenters. The second-order valence-electron chi connectivity index (χ2n) is 8.64. The van der Waals surface area contributed by atoms with Gasteiger partial charge in [0.05, 0.1) is 12.1 Å². The molecule has 2 N–H and O–H groups in total. The Morgan fingerprint density at radius 1 is 1.33 bits per heavy atom. The summed E-state index contributed by atoms with van der Waals surface area (Å²) in [6.45, 7) is 2.25. The lowest BCUT2D eigenvalue weighted by molar-refractivity contribution is -0.124. The van der Waals surface area contributed by atoms with Crippen LogP contribution in [0.25, 0.3) is 10.4 Å². The summed E-state index contributed by atoms with van der Waals surface area (Å²) < 4.78 is 14.7. The number of nitrogens with one attached hydrogen (secondary N) is 2. The van der Waals surface area contributed by atoms with Gasteiger partial charge in [0.25, 0.3) is 0 Å². The van der Waals surface area contributed by atoms with E-state index in [-0.39, 0.29) is 18.4 Å². The van der Waals surface area contributed by atoms with Crippen LogP contribution in [-0.4, -0.2) is 24.0 Å². The molecule has 2 aliphatic carbocycles. The molecule has 3 aliphatic rings. The van der Waals surface area contributed by atoms with Crippen LogP contribution in [0.5, 0.6) is 0 Å². The Hall–Kier alpha value is -2.74. The highest BCUT2D eigenvalue weighted by Crippen LogP contribution is 2.64. The maximum Gasteiger partial charge on any atom is 0.238 e. The van der Waals surface area contributed by atoms with E-state index in [1.807, 2.05) is 0 Å². The number of benzene rings is 1. The van der Waals surface area contributed by atoms with Crippen LogP contribution in [0.1, 0.15) is 23.8 Å². The highest BCUT2D eigenvalue weighted by molar-refractivity contribution is 7.16. The van der Waals surface area contributed by atoms with E-state index in [0.29, 0.717) is 45.7 Å². The normalized spacial score (nSPS) is 31.5. The Kier molecular flexibility index (Phi) is 4.61. The number of piperidine rings is 1. The molecule has 1 amide bonds. The van der Waals surface area contributed by atoms with Crippen molar-refractivity contribution in [2.45, 2.75) is 37.9 Å². The zero-order valence-corrected chi connectivity index (χ0v) is 17.2. The first kappa shape index (κ1) is 19.2. The van der Waals surface area contributed by atoms with Gasteiger partial charge in [0.1, 0.15) is 22.8 Å². The average molecular weight is 421 g/mol. The predicted octanol–water partition coefficient (Wildman–Crippen LogP) is 3.22. The first-order valence-electron chi connectivity index (χ1n) is 10.2. The lowest BCUT2D eigenvalue weighted by Crippen LogP contribution is -2.51. The van der Waals surface area contributed by atoms with E-state index in [1.165, 1.54) is 17.4 Å². The fraction of sp³-hybridized carbons (Fsp3) is 0.435. The quantitative estimate of drug-likeness (QED) is 0.777. The van der Waals surface area contributed by atoms with E-state index < -0.39 is 11.9 Å². The van der Waals surface area contributed by atoms with E-state index in [1.54, 1.807) is 24.3 Å². The monoisotopic (exact) mass is 420 g/mol. The van der Waals surface area contributed by atoms with Crippen LogP contribution in [0.2, 0.25) is 0 Å². The Balaban J connectivity index is 1.25. The molecule has 2 bridgehead atoms. The third-order valence-corrected chi connectivity index (χ3v) is 8.10. The van der Waals surface area contributed by atoms with Gasteiger partial charge in [0, 0.05) is 17.3 Å². The number of hydrogen-bond acceptors (Lipinski definition) is 5. The molecule has 1 aliphatic heterocycles. The molecule has 7 atom stereocenters. The van der Waals surface area contributed by atoms with Gasteiger partial charge in [0.15, 0.2) is 0 Å². The molecule has 0 radical (unpaired) electrons. The third kappa shape index (κ3) is 3.10. The highest BCUT2D eigenvalue weighted by atomic mass is 32.1. The second kappa shape index (κ2) is 7.19. The maximum atomic E-state index is 14.7. The first-order chi connectivity index (χ1) is 14.5. The van der Waals surface area contributed by atoms with Crippen LogP contribution in [-0.2, 0) is 11.2 Å². The number of nitrogens with zero attached hydrogens (tertiary/aromatic N) is 2. The number of carbonyl (C=O) groups excluding carboxylic acids is 1. The van der Waals surface area contributed by atoms with E-state index in [4.69, 9.17) is 5.26 Å².